The molecule has 0 saturated heterocycles. The second-order valence-corrected chi connectivity index (χ2v) is 4.48. The number of hydrogen-bond acceptors (Lipinski definition) is 3. The number of carboxylic acids is 1. The molecule has 0 unspecified atom stereocenters. The number of carbonyl (C=O) groups excluding carboxylic acids is 1. The molecule has 18 heavy (non-hydrogen) atoms. The number of benzene rings is 1. The van der Waals surface area contributed by atoms with Gasteiger partial charge in [-0.1, -0.05) is 11.6 Å². The van der Waals surface area contributed by atoms with E-state index in [2.05, 4.69) is 4.98 Å². The Bertz CT molecular complexity index is 671. The van der Waals surface area contributed by atoms with Gasteiger partial charge in [0.1, 0.15) is 0 Å². The normalized spacial score (nSPS) is 10.8. The van der Waals surface area contributed by atoms with E-state index in [4.69, 9.17) is 0 Å². The van der Waals surface area contributed by atoms with Crippen molar-refractivity contribution in [2.75, 3.05) is 0 Å². The average molecular weight is 244 g/mol. The van der Waals surface area contributed by atoms with Crippen LogP contribution in [0.5, 0.6) is 0 Å². The van der Waals surface area contributed by atoms with Gasteiger partial charge in [0, 0.05) is 28.1 Å². The van der Waals surface area contributed by atoms with Crippen LogP contribution in [0.4, 0.5) is 0 Å². The molecule has 94 valence electrons. The standard InChI is InChI=1S/C14H15NO3/c1-8-3-5-12-11(7-8)14(18)10(9(2)15-12)4-6-13(16)17/h3,5,7H,4,6H2,1-2H3,(H,15,18)(H,16,17)/p-1. The summed E-state index contributed by atoms with van der Waals surface area (Å²) in [6, 6.07) is 5.61. The molecule has 4 heteroatoms. The number of nitrogens with one attached hydrogen (secondary N) is 1. The number of carbonyl (C=O) groups is 1. The molecule has 0 amide bonds. The van der Waals surface area contributed by atoms with Crippen molar-refractivity contribution in [3.05, 3.63) is 45.2 Å². The zero-order chi connectivity index (χ0) is 13.3. The number of aromatic nitrogens is 1. The highest BCUT2D eigenvalue weighted by atomic mass is 16.4. The van der Waals surface area contributed by atoms with Gasteiger partial charge >= 0.3 is 0 Å². The molecule has 0 aliphatic carbocycles. The molecule has 1 aromatic heterocycles. The Balaban J connectivity index is 2.60. The lowest BCUT2D eigenvalue weighted by atomic mass is 10.0. The quantitative estimate of drug-likeness (QED) is 0.869. The predicted octanol–water partition coefficient (Wildman–Crippen LogP) is 0.827. The number of aryl methyl sites for hydroxylation is 2. The van der Waals surface area contributed by atoms with Crippen LogP contribution in [0.25, 0.3) is 10.9 Å². The Morgan fingerprint density at radius 3 is 2.72 bits per heavy atom. The maximum Gasteiger partial charge on any atom is 0.192 e. The monoisotopic (exact) mass is 244 g/mol. The number of fused-ring (bicyclic) bond motifs is 1. The minimum Gasteiger partial charge on any atom is -0.550 e. The van der Waals surface area contributed by atoms with Gasteiger partial charge in [0.05, 0.1) is 0 Å². The summed E-state index contributed by atoms with van der Waals surface area (Å²) in [6.45, 7) is 3.70. The molecule has 0 saturated carbocycles. The van der Waals surface area contributed by atoms with Gasteiger partial charge in [-0.2, -0.15) is 0 Å². The van der Waals surface area contributed by atoms with Gasteiger partial charge in [-0.05, 0) is 38.8 Å². The van der Waals surface area contributed by atoms with E-state index in [0.717, 1.165) is 16.8 Å². The minimum absolute atomic E-state index is 0.0915. The lowest BCUT2D eigenvalue weighted by molar-refractivity contribution is -0.305. The van der Waals surface area contributed by atoms with E-state index in [1.165, 1.54) is 0 Å². The first-order chi connectivity index (χ1) is 8.49. The molecule has 0 fully saturated rings. The smallest absolute Gasteiger partial charge is 0.192 e. The first-order valence-electron chi connectivity index (χ1n) is 5.81. The van der Waals surface area contributed by atoms with E-state index in [1.54, 1.807) is 6.92 Å². The van der Waals surface area contributed by atoms with Gasteiger partial charge in [-0.25, -0.2) is 0 Å². The lowest BCUT2D eigenvalue weighted by Gasteiger charge is -2.09. The Morgan fingerprint density at radius 2 is 2.06 bits per heavy atom. The summed E-state index contributed by atoms with van der Waals surface area (Å²) < 4.78 is 0. The van der Waals surface area contributed by atoms with Crippen LogP contribution in [0.2, 0.25) is 0 Å². The Labute approximate surface area is 104 Å². The molecule has 0 bridgehead atoms. The third-order valence-corrected chi connectivity index (χ3v) is 3.05. The maximum absolute atomic E-state index is 12.3. The fourth-order valence-electron chi connectivity index (χ4n) is 2.09. The van der Waals surface area contributed by atoms with Crippen molar-refractivity contribution in [2.45, 2.75) is 26.7 Å². The highest BCUT2D eigenvalue weighted by Gasteiger charge is 2.09. The van der Waals surface area contributed by atoms with Crippen molar-refractivity contribution >= 4 is 16.9 Å². The number of H-pyrrole nitrogens is 1. The van der Waals surface area contributed by atoms with Crippen LogP contribution in [-0.2, 0) is 11.2 Å². The van der Waals surface area contributed by atoms with Crippen molar-refractivity contribution in [3.8, 4) is 0 Å². The van der Waals surface area contributed by atoms with Crippen molar-refractivity contribution in [2.24, 2.45) is 0 Å². The zero-order valence-corrected chi connectivity index (χ0v) is 10.4. The van der Waals surface area contributed by atoms with Crippen molar-refractivity contribution in [1.29, 1.82) is 0 Å². The number of carboxylic acid groups (broad SMARTS) is 1. The molecule has 0 radical (unpaired) electrons. The highest BCUT2D eigenvalue weighted by molar-refractivity contribution is 5.80. The van der Waals surface area contributed by atoms with E-state index < -0.39 is 5.97 Å². The second kappa shape index (κ2) is 4.64. The largest absolute Gasteiger partial charge is 0.550 e. The summed E-state index contributed by atoms with van der Waals surface area (Å²) >= 11 is 0. The molecule has 4 nitrogen and oxygen atoms in total. The third kappa shape index (κ3) is 2.27. The first kappa shape index (κ1) is 12.4. The Hall–Kier alpha value is -2.10. The predicted molar refractivity (Wildman–Crippen MR) is 67.4 cm³/mol. The summed E-state index contributed by atoms with van der Waals surface area (Å²) in [5.41, 5.74) is 2.93. The first-order valence-corrected chi connectivity index (χ1v) is 5.81. The number of rotatable bonds is 3. The van der Waals surface area contributed by atoms with Crippen molar-refractivity contribution in [1.82, 2.24) is 4.98 Å². The maximum atomic E-state index is 12.3. The molecular weight excluding hydrogens is 230 g/mol. The number of pyridine rings is 1. The van der Waals surface area contributed by atoms with Gasteiger partial charge in [0.25, 0.3) is 0 Å². The van der Waals surface area contributed by atoms with Crippen LogP contribution < -0.4 is 10.5 Å². The van der Waals surface area contributed by atoms with E-state index in [0.29, 0.717) is 10.9 Å². The number of hydrogen-bond donors (Lipinski definition) is 1. The van der Waals surface area contributed by atoms with E-state index in [9.17, 15) is 14.7 Å². The highest BCUT2D eigenvalue weighted by Crippen LogP contribution is 2.14. The fourth-order valence-corrected chi connectivity index (χ4v) is 2.09. The molecule has 0 aliphatic rings. The summed E-state index contributed by atoms with van der Waals surface area (Å²) in [4.78, 5) is 25.9. The van der Waals surface area contributed by atoms with E-state index >= 15 is 0 Å². The van der Waals surface area contributed by atoms with Crippen molar-refractivity contribution in [3.63, 3.8) is 0 Å². The Kier molecular flexibility index (Phi) is 3.19. The summed E-state index contributed by atoms with van der Waals surface area (Å²) in [5.74, 6) is -1.14. The minimum atomic E-state index is -1.14. The number of aromatic amines is 1. The second-order valence-electron chi connectivity index (χ2n) is 4.48. The summed E-state index contributed by atoms with van der Waals surface area (Å²) in [5, 5.41) is 11.1. The molecule has 2 aromatic rings. The summed E-state index contributed by atoms with van der Waals surface area (Å²) in [7, 11) is 0. The molecule has 1 aromatic carbocycles. The molecule has 0 atom stereocenters. The van der Waals surface area contributed by atoms with Crippen LogP contribution in [0, 0.1) is 13.8 Å². The van der Waals surface area contributed by atoms with Crippen LogP contribution in [0.1, 0.15) is 23.2 Å². The molecule has 0 aliphatic heterocycles. The van der Waals surface area contributed by atoms with Gasteiger partial charge in [-0.3, -0.25) is 4.79 Å². The SMILES string of the molecule is Cc1ccc2[nH]c(C)c(CCC(=O)[O-])c(=O)c2c1. The Morgan fingerprint density at radius 1 is 1.33 bits per heavy atom. The molecule has 1 heterocycles. The third-order valence-electron chi connectivity index (χ3n) is 3.05. The summed E-state index contributed by atoms with van der Waals surface area (Å²) in [6.07, 6.45) is 0.0641. The molecule has 2 rings (SSSR count). The molecule has 1 N–H and O–H groups in total. The zero-order valence-electron chi connectivity index (χ0n) is 10.4. The van der Waals surface area contributed by atoms with Crippen LogP contribution in [-0.4, -0.2) is 11.0 Å². The molecule has 0 spiro atoms. The van der Waals surface area contributed by atoms with Crippen molar-refractivity contribution < 1.29 is 9.90 Å². The van der Waals surface area contributed by atoms with E-state index in [1.807, 2.05) is 25.1 Å². The van der Waals surface area contributed by atoms with Crippen LogP contribution >= 0.6 is 0 Å². The topological polar surface area (TPSA) is 73.0 Å². The van der Waals surface area contributed by atoms with E-state index in [-0.39, 0.29) is 18.3 Å². The van der Waals surface area contributed by atoms with Gasteiger partial charge < -0.3 is 14.9 Å². The van der Waals surface area contributed by atoms with Gasteiger partial charge in [0.15, 0.2) is 5.43 Å². The molecular formula is C14H14NO3-. The van der Waals surface area contributed by atoms with Gasteiger partial charge in [0.2, 0.25) is 0 Å². The lowest BCUT2D eigenvalue weighted by Crippen LogP contribution is -2.24. The van der Waals surface area contributed by atoms with Crippen LogP contribution in [0.3, 0.4) is 0 Å². The number of aliphatic carboxylic acids is 1. The van der Waals surface area contributed by atoms with Gasteiger partial charge in [-0.15, -0.1) is 0 Å². The average Bonchev–Trinajstić information content (AvgIpc) is 2.30. The fraction of sp³-hybridized carbons (Fsp3) is 0.286. The van der Waals surface area contributed by atoms with Crippen LogP contribution in [0.15, 0.2) is 23.0 Å².